The van der Waals surface area contributed by atoms with Gasteiger partial charge in [-0.25, -0.2) is 9.97 Å². The Kier molecular flexibility index (Phi) is 4.16. The summed E-state index contributed by atoms with van der Waals surface area (Å²) in [5.41, 5.74) is 4.94. The fourth-order valence-electron chi connectivity index (χ4n) is 7.05. The van der Waals surface area contributed by atoms with Gasteiger partial charge in [-0.05, 0) is 84.9 Å². The Morgan fingerprint density at radius 2 is 1.12 bits per heavy atom. The Hall–Kier alpha value is -5.94. The molecule has 0 saturated carbocycles. The van der Waals surface area contributed by atoms with Gasteiger partial charge >= 0.3 is 0 Å². The molecule has 232 valence electrons. The highest BCUT2D eigenvalue weighted by molar-refractivity contribution is 7.26. The van der Waals surface area contributed by atoms with Crippen LogP contribution in [0.3, 0.4) is 0 Å². The number of hydrogen-bond donors (Lipinski definition) is 0. The molecule has 3 heterocycles. The van der Waals surface area contributed by atoms with E-state index in [0.717, 1.165) is 37.2 Å². The van der Waals surface area contributed by atoms with E-state index in [0.29, 0.717) is 11.1 Å². The molecule has 0 aliphatic carbocycles. The minimum absolute atomic E-state index is 0.0324. The second-order valence-electron chi connectivity index (χ2n) is 12.1. The predicted octanol–water partition coefficient (Wildman–Crippen LogP) is 13.7. The van der Waals surface area contributed by atoms with Crippen molar-refractivity contribution in [3.8, 4) is 33.5 Å². The van der Waals surface area contributed by atoms with Gasteiger partial charge in [0.05, 0.1) is 31.0 Å². The van der Waals surface area contributed by atoms with Gasteiger partial charge in [0.1, 0.15) is 6.33 Å². The van der Waals surface area contributed by atoms with Crippen LogP contribution in [-0.2, 0) is 0 Å². The van der Waals surface area contributed by atoms with Crippen molar-refractivity contribution in [3.63, 3.8) is 0 Å². The summed E-state index contributed by atoms with van der Waals surface area (Å²) >= 11 is 3.29. The van der Waals surface area contributed by atoms with E-state index in [9.17, 15) is 4.11 Å². The molecule has 0 saturated heterocycles. The molecule has 2 nitrogen and oxygen atoms in total. The number of thiophene rings is 2. The molecule has 0 N–H and O–H groups in total. The van der Waals surface area contributed by atoms with E-state index in [-0.39, 0.29) is 50.0 Å². The third kappa shape index (κ3) is 4.13. The van der Waals surface area contributed by atoms with Gasteiger partial charge in [0.25, 0.3) is 0 Å². The molecule has 8 aromatic carbocycles. The molecule has 3 aromatic heterocycles. The lowest BCUT2D eigenvalue weighted by atomic mass is 9.92. The Balaban J connectivity index is 1.13. The van der Waals surface area contributed by atoms with Crippen LogP contribution in [0.2, 0.25) is 0 Å². The van der Waals surface area contributed by atoms with Crippen LogP contribution >= 0.6 is 22.7 Å². The van der Waals surface area contributed by atoms with Crippen LogP contribution in [0.1, 0.15) is 15.1 Å². The summed E-state index contributed by atoms with van der Waals surface area (Å²) in [6, 6.07) is 22.9. The zero-order chi connectivity index (χ0) is 42.3. The maximum absolute atomic E-state index is 9.67. The summed E-state index contributed by atoms with van der Waals surface area (Å²) in [6.07, 6.45) is 1.52. The number of aromatic nitrogens is 2. The molecule has 0 radical (unpaired) electrons. The molecule has 0 atom stereocenters. The van der Waals surface area contributed by atoms with Gasteiger partial charge < -0.3 is 0 Å². The average molecular weight is 682 g/mol. The van der Waals surface area contributed by atoms with Crippen molar-refractivity contribution in [2.45, 2.75) is 0 Å². The van der Waals surface area contributed by atoms with Gasteiger partial charge in [-0.3, -0.25) is 0 Å². The van der Waals surface area contributed by atoms with Crippen LogP contribution in [0.15, 0.2) is 158 Å². The first kappa shape index (κ1) is 19.3. The van der Waals surface area contributed by atoms with Crippen molar-refractivity contribution in [2.75, 3.05) is 0 Å². The van der Waals surface area contributed by atoms with Gasteiger partial charge in [-0.2, -0.15) is 0 Å². The minimum Gasteiger partial charge on any atom is -0.235 e. The number of fused-ring (bicyclic) bond motifs is 12. The summed E-state index contributed by atoms with van der Waals surface area (Å²) in [7, 11) is 0. The molecule has 50 heavy (non-hydrogen) atoms. The van der Waals surface area contributed by atoms with Crippen LogP contribution < -0.4 is 0 Å². The van der Waals surface area contributed by atoms with E-state index in [1.165, 1.54) is 37.8 Å². The first-order valence-corrected chi connectivity index (χ1v) is 17.5. The van der Waals surface area contributed by atoms with Crippen LogP contribution in [0.5, 0.6) is 0 Å². The fourth-order valence-corrected chi connectivity index (χ4v) is 9.43. The van der Waals surface area contributed by atoms with E-state index >= 15 is 0 Å². The van der Waals surface area contributed by atoms with Crippen molar-refractivity contribution < 1.29 is 15.1 Å². The fraction of sp³-hybridized carbons (Fsp3) is 0. The minimum atomic E-state index is -0.605. The Morgan fingerprint density at radius 1 is 0.440 bits per heavy atom. The lowest BCUT2D eigenvalue weighted by Crippen LogP contribution is -1.87. The van der Waals surface area contributed by atoms with Gasteiger partial charge in [0, 0.05) is 35.8 Å². The second-order valence-corrected chi connectivity index (χ2v) is 14.2. The predicted molar refractivity (Wildman–Crippen MR) is 217 cm³/mol. The van der Waals surface area contributed by atoms with Gasteiger partial charge in [0.15, 0.2) is 0 Å². The van der Waals surface area contributed by atoms with E-state index < -0.39 is 54.4 Å². The lowest BCUT2D eigenvalue weighted by molar-refractivity contribution is 1.24. The van der Waals surface area contributed by atoms with Crippen LogP contribution in [0.25, 0.3) is 106 Å². The van der Waals surface area contributed by atoms with Crippen LogP contribution in [-0.4, -0.2) is 9.97 Å². The normalized spacial score (nSPS) is 15.1. The van der Waals surface area contributed by atoms with E-state index in [1.807, 2.05) is 24.3 Å². The largest absolute Gasteiger partial charge is 0.235 e. The maximum atomic E-state index is 9.67. The zero-order valence-corrected chi connectivity index (χ0v) is 27.5. The Bertz CT molecular complexity index is 3760. The quantitative estimate of drug-likeness (QED) is 0.173. The molecule has 0 aliphatic rings. The molecule has 0 bridgehead atoms. The molecule has 11 rings (SSSR count). The second kappa shape index (κ2) is 10.8. The highest BCUT2D eigenvalue weighted by atomic mass is 32.1. The maximum Gasteiger partial charge on any atom is 0.116 e. The lowest BCUT2D eigenvalue weighted by Gasteiger charge is -2.12. The first-order valence-electron chi connectivity index (χ1n) is 21.4. The number of nitrogens with zero attached hydrogens (tertiary/aromatic N) is 2. The first-order chi connectivity index (χ1) is 29.4. The van der Waals surface area contributed by atoms with Crippen molar-refractivity contribution in [3.05, 3.63) is 158 Å². The van der Waals surface area contributed by atoms with Gasteiger partial charge in [0.2, 0.25) is 0 Å². The van der Waals surface area contributed by atoms with Gasteiger partial charge in [-0.15, -0.1) is 22.7 Å². The molecule has 11 aromatic rings. The molecular formula is C46H26N2S2. The molecule has 0 spiro atoms. The number of benzene rings is 8. The van der Waals surface area contributed by atoms with E-state index in [2.05, 4.69) is 54.6 Å². The standard InChI is InChI=1S/C46H26N2S2/c1-2-13-34-32(11-1)33-12-3-4-14-35(33)39-24-27(19-21-36(34)39)28-20-22-42-40(25-28)44-46(50-42)43(47-26-48-44)30-10-7-9-29(23-30)31-16-8-17-38-37-15-5-6-18-41(37)49-45(31)38/h1-26H/i1D,2D,3D,4D,11D,12D,13D,14D,19D,21D,24D. The summed E-state index contributed by atoms with van der Waals surface area (Å²) < 4.78 is 102. The van der Waals surface area contributed by atoms with E-state index in [4.69, 9.17) is 20.9 Å². The van der Waals surface area contributed by atoms with Crippen molar-refractivity contribution in [1.29, 1.82) is 0 Å². The van der Waals surface area contributed by atoms with Crippen LogP contribution in [0, 0.1) is 0 Å². The third-order valence-electron chi connectivity index (χ3n) is 9.33. The zero-order valence-electron chi connectivity index (χ0n) is 36.9. The SMILES string of the molecule is [2H]c1c([2H])c([2H])c2c(c1[2H])c1c([2H])c([2H])c([2H])c([2H])c1c1c([2H])c(-c3ccc4sc5c(-c6cccc(-c7cccc8c7sc7ccccc78)c6)ncnc5c4c3)c([2H])c([2H])c21. The van der Waals surface area contributed by atoms with Crippen LogP contribution in [0.4, 0.5) is 0 Å². The molecule has 0 fully saturated rings. The summed E-state index contributed by atoms with van der Waals surface area (Å²) in [5, 5.41) is 2.24. The topological polar surface area (TPSA) is 25.8 Å². The number of hydrogen-bond acceptors (Lipinski definition) is 4. The highest BCUT2D eigenvalue weighted by Crippen LogP contribution is 2.43. The molecular weight excluding hydrogens is 645 g/mol. The molecule has 0 amide bonds. The van der Waals surface area contributed by atoms with Crippen molar-refractivity contribution in [1.82, 2.24) is 9.97 Å². The van der Waals surface area contributed by atoms with Crippen molar-refractivity contribution >= 4 is 95.5 Å². The Labute approximate surface area is 311 Å². The third-order valence-corrected chi connectivity index (χ3v) is 11.7. The van der Waals surface area contributed by atoms with Gasteiger partial charge in [-0.1, -0.05) is 121 Å². The molecule has 0 unspecified atom stereocenters. The smallest absolute Gasteiger partial charge is 0.116 e. The van der Waals surface area contributed by atoms with Crippen molar-refractivity contribution in [2.24, 2.45) is 0 Å². The molecule has 4 heteroatoms. The summed E-state index contributed by atoms with van der Waals surface area (Å²) in [5.74, 6) is 0. The summed E-state index contributed by atoms with van der Waals surface area (Å²) in [4.78, 5) is 9.48. The number of rotatable bonds is 3. The Morgan fingerprint density at radius 3 is 1.96 bits per heavy atom. The summed E-state index contributed by atoms with van der Waals surface area (Å²) in [6.45, 7) is 0. The average Bonchev–Trinajstić information content (AvgIpc) is 3.85. The van der Waals surface area contributed by atoms with E-state index in [1.54, 1.807) is 17.4 Å². The molecule has 0 aliphatic heterocycles. The highest BCUT2D eigenvalue weighted by Gasteiger charge is 2.17. The monoisotopic (exact) mass is 681 g/mol.